The normalized spacial score (nSPS) is 18.6. The third-order valence-electron chi connectivity index (χ3n) is 4.90. The molecule has 3 amide bonds. The largest absolute Gasteiger partial charge is 0.406 e. The fraction of sp³-hybridized carbons (Fsp3) is 0.833. The molecule has 0 bridgehead atoms. The van der Waals surface area contributed by atoms with Crippen molar-refractivity contribution in [3.63, 3.8) is 0 Å². The van der Waals surface area contributed by atoms with Crippen molar-refractivity contribution in [1.82, 2.24) is 19.6 Å². The third-order valence-corrected chi connectivity index (χ3v) is 4.90. The fourth-order valence-electron chi connectivity index (χ4n) is 3.50. The lowest BCUT2D eigenvalue weighted by molar-refractivity contribution is -0.163. The van der Waals surface area contributed by atoms with E-state index in [9.17, 15) is 27.6 Å². The van der Waals surface area contributed by atoms with Crippen LogP contribution in [0.2, 0.25) is 0 Å². The van der Waals surface area contributed by atoms with E-state index in [4.69, 9.17) is 0 Å². The highest BCUT2D eigenvalue weighted by Gasteiger charge is 2.35. The van der Waals surface area contributed by atoms with Crippen LogP contribution in [-0.2, 0) is 14.4 Å². The SMILES string of the molecule is CC(C)CN(CC(F)(F)F)C(=O)CN1CCN(C(=O)C(=O)N2CCCC2)CC1. The van der Waals surface area contributed by atoms with E-state index in [0.29, 0.717) is 26.2 Å². The molecular weight excluding hydrogens is 377 g/mol. The van der Waals surface area contributed by atoms with E-state index in [1.807, 2.05) is 0 Å². The number of piperazine rings is 1. The second-order valence-electron chi connectivity index (χ2n) is 7.85. The maximum atomic E-state index is 12.8. The number of halogens is 3. The Morgan fingerprint density at radius 3 is 1.86 bits per heavy atom. The van der Waals surface area contributed by atoms with Crippen molar-refractivity contribution in [3.8, 4) is 0 Å². The van der Waals surface area contributed by atoms with Crippen molar-refractivity contribution in [1.29, 1.82) is 0 Å². The number of amides is 3. The summed E-state index contributed by atoms with van der Waals surface area (Å²) in [6, 6.07) is 0. The van der Waals surface area contributed by atoms with E-state index in [1.54, 1.807) is 23.6 Å². The number of nitrogens with zero attached hydrogens (tertiary/aromatic N) is 4. The van der Waals surface area contributed by atoms with Gasteiger partial charge in [0.1, 0.15) is 6.54 Å². The van der Waals surface area contributed by atoms with Crippen molar-refractivity contribution in [2.75, 3.05) is 58.9 Å². The Kier molecular flexibility index (Phi) is 7.68. The van der Waals surface area contributed by atoms with Gasteiger partial charge in [0.05, 0.1) is 6.54 Å². The number of hydrogen-bond acceptors (Lipinski definition) is 4. The predicted octanol–water partition coefficient (Wildman–Crippen LogP) is 0.800. The molecule has 2 rings (SSSR count). The molecule has 0 aliphatic carbocycles. The molecule has 28 heavy (non-hydrogen) atoms. The molecule has 0 saturated carbocycles. The summed E-state index contributed by atoms with van der Waals surface area (Å²) >= 11 is 0. The zero-order chi connectivity index (χ0) is 20.9. The lowest BCUT2D eigenvalue weighted by Gasteiger charge is -2.36. The Morgan fingerprint density at radius 2 is 1.39 bits per heavy atom. The topological polar surface area (TPSA) is 64.2 Å². The number of carbonyl (C=O) groups excluding carboxylic acids is 3. The maximum absolute atomic E-state index is 12.8. The molecule has 2 aliphatic rings. The minimum absolute atomic E-state index is 0.0428. The first-order valence-electron chi connectivity index (χ1n) is 9.72. The number of carbonyl (C=O) groups is 3. The number of alkyl halides is 3. The minimum Gasteiger partial charge on any atom is -0.334 e. The predicted molar refractivity (Wildman–Crippen MR) is 96.3 cm³/mol. The fourth-order valence-corrected chi connectivity index (χ4v) is 3.50. The van der Waals surface area contributed by atoms with Crippen molar-refractivity contribution < 1.29 is 27.6 Å². The van der Waals surface area contributed by atoms with Crippen LogP contribution >= 0.6 is 0 Å². The van der Waals surface area contributed by atoms with Gasteiger partial charge in [-0.15, -0.1) is 0 Å². The molecular formula is C18H29F3N4O3. The first-order chi connectivity index (χ1) is 13.1. The molecule has 0 aromatic carbocycles. The van der Waals surface area contributed by atoms with Crippen LogP contribution < -0.4 is 0 Å². The summed E-state index contributed by atoms with van der Waals surface area (Å²) in [7, 11) is 0. The van der Waals surface area contributed by atoms with Gasteiger partial charge in [-0.3, -0.25) is 19.3 Å². The second kappa shape index (κ2) is 9.58. The Hall–Kier alpha value is -1.84. The molecule has 160 valence electrons. The van der Waals surface area contributed by atoms with Gasteiger partial charge in [-0.05, 0) is 18.8 Å². The Bertz CT molecular complexity index is 569. The zero-order valence-electron chi connectivity index (χ0n) is 16.5. The average molecular weight is 406 g/mol. The Morgan fingerprint density at radius 1 is 0.893 bits per heavy atom. The molecule has 2 heterocycles. The monoisotopic (exact) mass is 406 g/mol. The van der Waals surface area contributed by atoms with Crippen LogP contribution in [0.3, 0.4) is 0 Å². The van der Waals surface area contributed by atoms with Crippen molar-refractivity contribution in [2.24, 2.45) is 5.92 Å². The molecule has 7 nitrogen and oxygen atoms in total. The van der Waals surface area contributed by atoms with Crippen molar-refractivity contribution >= 4 is 17.7 Å². The van der Waals surface area contributed by atoms with Gasteiger partial charge in [-0.2, -0.15) is 13.2 Å². The standard InChI is InChI=1S/C18H29F3N4O3/c1-14(2)11-25(13-18(19,20)21)15(26)12-22-7-9-24(10-8-22)17(28)16(27)23-5-3-4-6-23/h14H,3-13H2,1-2H3. The lowest BCUT2D eigenvalue weighted by atomic mass is 10.2. The number of likely N-dealkylation sites (tertiary alicyclic amines) is 1. The lowest BCUT2D eigenvalue weighted by Crippen LogP contribution is -2.55. The summed E-state index contributed by atoms with van der Waals surface area (Å²) in [5.74, 6) is -1.67. The molecule has 0 spiro atoms. The smallest absolute Gasteiger partial charge is 0.334 e. The molecule has 2 aliphatic heterocycles. The van der Waals surface area contributed by atoms with Crippen LogP contribution in [0.5, 0.6) is 0 Å². The highest BCUT2D eigenvalue weighted by atomic mass is 19.4. The highest BCUT2D eigenvalue weighted by Crippen LogP contribution is 2.18. The molecule has 0 unspecified atom stereocenters. The average Bonchev–Trinajstić information content (AvgIpc) is 3.13. The van der Waals surface area contributed by atoms with Crippen LogP contribution in [0.4, 0.5) is 13.2 Å². The summed E-state index contributed by atoms with van der Waals surface area (Å²) in [6.45, 7) is 4.67. The molecule has 2 fully saturated rings. The third kappa shape index (κ3) is 6.65. The van der Waals surface area contributed by atoms with E-state index in [1.165, 1.54) is 4.90 Å². The molecule has 0 atom stereocenters. The molecule has 0 aromatic rings. The number of rotatable bonds is 5. The second-order valence-corrected chi connectivity index (χ2v) is 7.85. The van der Waals surface area contributed by atoms with Gasteiger partial charge in [-0.25, -0.2) is 0 Å². The van der Waals surface area contributed by atoms with E-state index in [-0.39, 0.29) is 32.1 Å². The van der Waals surface area contributed by atoms with Crippen LogP contribution in [0.15, 0.2) is 0 Å². The van der Waals surface area contributed by atoms with Gasteiger partial charge < -0.3 is 14.7 Å². The van der Waals surface area contributed by atoms with Gasteiger partial charge in [0, 0.05) is 45.8 Å². The summed E-state index contributed by atoms with van der Waals surface area (Å²) in [5, 5.41) is 0. The molecule has 0 aromatic heterocycles. The first kappa shape index (κ1) is 22.4. The van der Waals surface area contributed by atoms with Gasteiger partial charge >= 0.3 is 18.0 Å². The first-order valence-corrected chi connectivity index (χ1v) is 9.72. The van der Waals surface area contributed by atoms with Gasteiger partial charge in [0.25, 0.3) is 0 Å². The highest BCUT2D eigenvalue weighted by molar-refractivity contribution is 6.34. The van der Waals surface area contributed by atoms with E-state index >= 15 is 0 Å². The van der Waals surface area contributed by atoms with Crippen LogP contribution in [0.1, 0.15) is 26.7 Å². The number of hydrogen-bond donors (Lipinski definition) is 0. The summed E-state index contributed by atoms with van der Waals surface area (Å²) in [4.78, 5) is 42.5. The van der Waals surface area contributed by atoms with Crippen molar-refractivity contribution in [3.05, 3.63) is 0 Å². The summed E-state index contributed by atoms with van der Waals surface area (Å²) < 4.78 is 38.3. The van der Waals surface area contributed by atoms with Gasteiger partial charge in [0.2, 0.25) is 5.91 Å². The zero-order valence-corrected chi connectivity index (χ0v) is 16.5. The van der Waals surface area contributed by atoms with Gasteiger partial charge in [-0.1, -0.05) is 13.8 Å². The van der Waals surface area contributed by atoms with Crippen LogP contribution in [0.25, 0.3) is 0 Å². The van der Waals surface area contributed by atoms with Crippen molar-refractivity contribution in [2.45, 2.75) is 32.9 Å². The molecule has 0 N–H and O–H groups in total. The van der Waals surface area contributed by atoms with Gasteiger partial charge in [0.15, 0.2) is 0 Å². The Labute approximate surface area is 163 Å². The van der Waals surface area contributed by atoms with E-state index in [0.717, 1.165) is 17.7 Å². The minimum atomic E-state index is -4.44. The van der Waals surface area contributed by atoms with E-state index in [2.05, 4.69) is 0 Å². The van der Waals surface area contributed by atoms with E-state index < -0.39 is 30.4 Å². The summed E-state index contributed by atoms with van der Waals surface area (Å²) in [5.41, 5.74) is 0. The summed E-state index contributed by atoms with van der Waals surface area (Å²) in [6.07, 6.45) is -2.63. The molecule has 2 saturated heterocycles. The molecule has 0 radical (unpaired) electrons. The Balaban J connectivity index is 1.83. The quantitative estimate of drug-likeness (QED) is 0.634. The van der Waals surface area contributed by atoms with Crippen LogP contribution in [-0.4, -0.2) is 102 Å². The molecule has 10 heteroatoms. The van der Waals surface area contributed by atoms with Crippen LogP contribution in [0, 0.1) is 5.92 Å². The maximum Gasteiger partial charge on any atom is 0.406 e.